The van der Waals surface area contributed by atoms with Crippen molar-refractivity contribution in [1.82, 2.24) is 20.0 Å². The fraction of sp³-hybridized carbons (Fsp3) is 0.409. The van der Waals surface area contributed by atoms with Crippen molar-refractivity contribution in [2.24, 2.45) is 11.1 Å². The molecule has 0 aliphatic carbocycles. The number of hydrogen-bond acceptors (Lipinski definition) is 7. The van der Waals surface area contributed by atoms with Crippen molar-refractivity contribution in [1.29, 1.82) is 0 Å². The quantitative estimate of drug-likeness (QED) is 0.498. The van der Waals surface area contributed by atoms with Crippen LogP contribution >= 0.6 is 11.3 Å². The highest BCUT2D eigenvalue weighted by atomic mass is 32.1. The maximum atomic E-state index is 12.4. The zero-order chi connectivity index (χ0) is 23.6. The van der Waals surface area contributed by atoms with E-state index in [0.717, 1.165) is 17.0 Å². The van der Waals surface area contributed by atoms with E-state index in [9.17, 15) is 9.59 Å². The molecule has 0 radical (unpaired) electrons. The molecule has 0 aliphatic heterocycles. The second kappa shape index (κ2) is 9.07. The smallest absolute Gasteiger partial charge is 0.254 e. The lowest BCUT2D eigenvalue weighted by Gasteiger charge is -2.14. The van der Waals surface area contributed by atoms with Crippen LogP contribution in [0.3, 0.4) is 0 Å². The molecule has 0 bridgehead atoms. The lowest BCUT2D eigenvalue weighted by atomic mass is 9.93. The minimum absolute atomic E-state index is 0.0194. The maximum Gasteiger partial charge on any atom is 0.254 e. The van der Waals surface area contributed by atoms with Gasteiger partial charge >= 0.3 is 0 Å². The Morgan fingerprint density at radius 3 is 2.38 bits per heavy atom. The second-order valence-electron chi connectivity index (χ2n) is 9.17. The Balaban J connectivity index is 1.71. The van der Waals surface area contributed by atoms with Crippen LogP contribution in [0.25, 0.3) is 11.3 Å². The molecular weight excluding hydrogens is 426 g/mol. The number of carbonyl (C=O) groups excluding carboxylic acids is 2. The topological polar surface area (TPSA) is 142 Å². The highest BCUT2D eigenvalue weighted by Gasteiger charge is 2.22. The number of anilines is 2. The Hall–Kier alpha value is -3.27. The molecule has 2 heterocycles. The largest absolute Gasteiger partial charge is 0.383 e. The van der Waals surface area contributed by atoms with Crippen molar-refractivity contribution in [3.05, 3.63) is 40.4 Å². The van der Waals surface area contributed by atoms with Crippen LogP contribution in [0.4, 0.5) is 10.9 Å². The molecule has 3 rings (SSSR count). The van der Waals surface area contributed by atoms with Crippen LogP contribution < -0.4 is 16.8 Å². The Bertz CT molecular complexity index is 1120. The summed E-state index contributed by atoms with van der Waals surface area (Å²) in [4.78, 5) is 24.4. The number of benzene rings is 1. The van der Waals surface area contributed by atoms with Crippen molar-refractivity contribution in [3.63, 3.8) is 0 Å². The summed E-state index contributed by atoms with van der Waals surface area (Å²) >= 11 is 1.39. The first-order valence-corrected chi connectivity index (χ1v) is 11.2. The Morgan fingerprint density at radius 1 is 1.16 bits per heavy atom. The molecule has 0 aliphatic rings. The summed E-state index contributed by atoms with van der Waals surface area (Å²) in [7, 11) is 0. The third-order valence-corrected chi connectivity index (χ3v) is 5.51. The number of aromatic nitrogens is 4. The fourth-order valence-corrected chi connectivity index (χ4v) is 4.30. The predicted octanol–water partition coefficient (Wildman–Crippen LogP) is 3.43. The van der Waals surface area contributed by atoms with Gasteiger partial charge in [0.05, 0.1) is 6.42 Å². The molecular formula is C22H29N7O2S. The molecule has 0 atom stereocenters. The normalized spacial score (nSPS) is 11.7. The van der Waals surface area contributed by atoms with E-state index < -0.39 is 5.91 Å². The van der Waals surface area contributed by atoms with Crippen molar-refractivity contribution >= 4 is 34.1 Å². The SMILES string of the molecule is CC(C)n1nc(-c2ccc(CC(=O)Nc3nnc(CC(C)(C)C)s3)cc2)c(C(N)=O)c1N. The van der Waals surface area contributed by atoms with Crippen LogP contribution in [0.15, 0.2) is 24.3 Å². The summed E-state index contributed by atoms with van der Waals surface area (Å²) in [5.74, 6) is -0.563. The number of primary amides is 1. The molecule has 0 unspecified atom stereocenters. The summed E-state index contributed by atoms with van der Waals surface area (Å²) in [6.45, 7) is 10.2. The van der Waals surface area contributed by atoms with E-state index in [0.29, 0.717) is 16.4 Å². The molecule has 3 aromatic rings. The molecule has 2 aromatic heterocycles. The lowest BCUT2D eigenvalue weighted by Crippen LogP contribution is -2.15. The van der Waals surface area contributed by atoms with Crippen LogP contribution in [0.2, 0.25) is 0 Å². The number of nitrogens with two attached hydrogens (primary N) is 2. The highest BCUT2D eigenvalue weighted by Crippen LogP contribution is 2.29. The van der Waals surface area contributed by atoms with E-state index >= 15 is 0 Å². The first-order valence-electron chi connectivity index (χ1n) is 10.3. The van der Waals surface area contributed by atoms with Gasteiger partial charge in [0, 0.05) is 18.0 Å². The minimum Gasteiger partial charge on any atom is -0.383 e. The Morgan fingerprint density at radius 2 is 1.81 bits per heavy atom. The zero-order valence-electron chi connectivity index (χ0n) is 19.0. The van der Waals surface area contributed by atoms with Gasteiger partial charge in [-0.3, -0.25) is 9.59 Å². The van der Waals surface area contributed by atoms with E-state index in [2.05, 4.69) is 41.4 Å². The Labute approximate surface area is 191 Å². The van der Waals surface area contributed by atoms with Crippen LogP contribution in [-0.2, 0) is 17.6 Å². The summed E-state index contributed by atoms with van der Waals surface area (Å²) in [5, 5.41) is 16.9. The first-order chi connectivity index (χ1) is 14.9. The molecule has 170 valence electrons. The van der Waals surface area contributed by atoms with Gasteiger partial charge in [-0.25, -0.2) is 4.68 Å². The maximum absolute atomic E-state index is 12.4. The van der Waals surface area contributed by atoms with Crippen molar-refractivity contribution in [3.8, 4) is 11.3 Å². The number of rotatable bonds is 7. The number of carbonyl (C=O) groups is 2. The molecule has 0 fully saturated rings. The molecule has 9 nitrogen and oxygen atoms in total. The fourth-order valence-electron chi connectivity index (χ4n) is 3.24. The summed E-state index contributed by atoms with van der Waals surface area (Å²) in [5.41, 5.74) is 13.9. The summed E-state index contributed by atoms with van der Waals surface area (Å²) < 4.78 is 1.58. The van der Waals surface area contributed by atoms with Crippen molar-refractivity contribution in [2.75, 3.05) is 11.1 Å². The zero-order valence-corrected chi connectivity index (χ0v) is 19.8. The molecule has 5 N–H and O–H groups in total. The van der Waals surface area contributed by atoms with E-state index in [1.807, 2.05) is 26.0 Å². The summed E-state index contributed by atoms with van der Waals surface area (Å²) in [6, 6.07) is 7.21. The van der Waals surface area contributed by atoms with Gasteiger partial charge in [0.1, 0.15) is 22.1 Å². The Kier molecular flexibility index (Phi) is 6.63. The standard InChI is InChI=1S/C22H29N7O2S/c1-12(2)29-19(23)17(20(24)31)18(28-29)14-8-6-13(7-9-14)10-15(30)25-21-27-26-16(32-21)11-22(3,4)5/h6-9,12H,10-11,23H2,1-5H3,(H2,24,31)(H,25,27,30). The molecule has 0 saturated heterocycles. The lowest BCUT2D eigenvalue weighted by molar-refractivity contribution is -0.115. The molecule has 0 spiro atoms. The third-order valence-electron chi connectivity index (χ3n) is 4.67. The molecule has 1 aromatic carbocycles. The average Bonchev–Trinajstić information content (AvgIpc) is 3.24. The molecule has 10 heteroatoms. The number of nitrogens with zero attached hydrogens (tertiary/aromatic N) is 4. The van der Waals surface area contributed by atoms with Gasteiger partial charge in [-0.05, 0) is 24.8 Å². The van der Waals surface area contributed by atoms with E-state index in [4.69, 9.17) is 11.5 Å². The third kappa shape index (κ3) is 5.50. The van der Waals surface area contributed by atoms with Gasteiger partial charge in [0.25, 0.3) is 5.91 Å². The van der Waals surface area contributed by atoms with Gasteiger partial charge in [-0.1, -0.05) is 56.4 Å². The van der Waals surface area contributed by atoms with E-state index in [1.165, 1.54) is 11.3 Å². The first kappa shape index (κ1) is 23.4. The number of hydrogen-bond donors (Lipinski definition) is 3. The van der Waals surface area contributed by atoms with Gasteiger partial charge < -0.3 is 16.8 Å². The van der Waals surface area contributed by atoms with Crippen LogP contribution in [0.5, 0.6) is 0 Å². The second-order valence-corrected chi connectivity index (χ2v) is 10.2. The van der Waals surface area contributed by atoms with E-state index in [-0.39, 0.29) is 35.2 Å². The monoisotopic (exact) mass is 455 g/mol. The van der Waals surface area contributed by atoms with Gasteiger partial charge in [-0.15, -0.1) is 10.2 Å². The highest BCUT2D eigenvalue weighted by molar-refractivity contribution is 7.15. The summed E-state index contributed by atoms with van der Waals surface area (Å²) in [6.07, 6.45) is 0.978. The number of nitrogen functional groups attached to an aromatic ring is 1. The average molecular weight is 456 g/mol. The predicted molar refractivity (Wildman–Crippen MR) is 126 cm³/mol. The van der Waals surface area contributed by atoms with Crippen LogP contribution in [0.1, 0.15) is 61.6 Å². The molecule has 32 heavy (non-hydrogen) atoms. The van der Waals surface area contributed by atoms with E-state index in [1.54, 1.807) is 16.8 Å². The molecule has 0 saturated carbocycles. The molecule has 2 amide bonds. The van der Waals surface area contributed by atoms with Crippen molar-refractivity contribution in [2.45, 2.75) is 53.5 Å². The number of amides is 2. The minimum atomic E-state index is -0.629. The number of nitrogens with one attached hydrogen (secondary N) is 1. The van der Waals surface area contributed by atoms with Crippen LogP contribution in [-0.4, -0.2) is 31.8 Å². The van der Waals surface area contributed by atoms with Gasteiger partial charge in [-0.2, -0.15) is 5.10 Å². The van der Waals surface area contributed by atoms with Crippen molar-refractivity contribution < 1.29 is 9.59 Å². The van der Waals surface area contributed by atoms with Gasteiger partial charge in [0.15, 0.2) is 0 Å². The van der Waals surface area contributed by atoms with Crippen LogP contribution in [0, 0.1) is 5.41 Å². The van der Waals surface area contributed by atoms with Gasteiger partial charge in [0.2, 0.25) is 11.0 Å².